The number of allylic oxidation sites excluding steroid dienone is 5. The van der Waals surface area contributed by atoms with Crippen LogP contribution in [0.15, 0.2) is 40.5 Å². The fraction of sp³-hybridized carbons (Fsp3) is 0.586. The summed E-state index contributed by atoms with van der Waals surface area (Å²) in [5.41, 5.74) is 13.5. The molecule has 0 saturated heterocycles. The third-order valence-electron chi connectivity index (χ3n) is 9.53. The van der Waals surface area contributed by atoms with Crippen molar-refractivity contribution >= 4 is 6.08 Å². The summed E-state index contributed by atoms with van der Waals surface area (Å²) in [6.07, 6.45) is 10.3. The van der Waals surface area contributed by atoms with Gasteiger partial charge >= 0.3 is 197 Å². The van der Waals surface area contributed by atoms with Gasteiger partial charge in [0.1, 0.15) is 0 Å². The maximum atomic E-state index is 2.68. The Kier molecular flexibility index (Phi) is 5.57. The molecule has 0 N–H and O–H groups in total. The number of hydrogen-bond acceptors (Lipinski definition) is 0. The molecule has 30 heavy (non-hydrogen) atoms. The van der Waals surface area contributed by atoms with Crippen LogP contribution in [0.25, 0.3) is 6.08 Å². The van der Waals surface area contributed by atoms with Gasteiger partial charge in [-0.05, 0) is 0 Å². The van der Waals surface area contributed by atoms with Gasteiger partial charge in [-0.3, -0.25) is 0 Å². The van der Waals surface area contributed by atoms with Crippen molar-refractivity contribution in [3.63, 3.8) is 0 Å². The molecule has 0 nitrogen and oxygen atoms in total. The van der Waals surface area contributed by atoms with E-state index >= 15 is 0 Å². The predicted molar refractivity (Wildman–Crippen MR) is 128 cm³/mol. The molecule has 1 aromatic rings. The molecule has 0 heterocycles. The van der Waals surface area contributed by atoms with E-state index in [9.17, 15) is 0 Å². The monoisotopic (exact) mass is 568 g/mol. The van der Waals surface area contributed by atoms with Gasteiger partial charge in [0.25, 0.3) is 0 Å². The van der Waals surface area contributed by atoms with Crippen LogP contribution in [0.4, 0.5) is 0 Å². The van der Waals surface area contributed by atoms with Crippen LogP contribution in [-0.2, 0) is 38.9 Å². The molecule has 0 amide bonds. The molecular weight excluding hydrogens is 527 g/mol. The average molecular weight is 567 g/mol. The Morgan fingerprint density at radius 3 is 1.93 bits per heavy atom. The summed E-state index contributed by atoms with van der Waals surface area (Å²) >= 11 is -1.19. The van der Waals surface area contributed by atoms with E-state index in [-0.39, 0.29) is 0 Å². The van der Waals surface area contributed by atoms with Gasteiger partial charge in [-0.25, -0.2) is 0 Å². The Labute approximate surface area is 196 Å². The van der Waals surface area contributed by atoms with Crippen molar-refractivity contribution in [3.05, 3.63) is 62.8 Å². The Morgan fingerprint density at radius 2 is 1.43 bits per heavy atom. The Hall–Kier alpha value is -0.690. The number of fused-ring (bicyclic) bond motifs is 2. The van der Waals surface area contributed by atoms with Gasteiger partial charge in [0, 0.05) is 0 Å². The summed E-state index contributed by atoms with van der Waals surface area (Å²) in [6.45, 7) is 21.9. The second-order valence-corrected chi connectivity index (χ2v) is 18.3. The second kappa shape index (κ2) is 7.43. The Morgan fingerprint density at radius 1 is 0.900 bits per heavy atom. The zero-order valence-corrected chi connectivity index (χ0v) is 24.3. The Balaban J connectivity index is 1.81. The van der Waals surface area contributed by atoms with Crippen LogP contribution in [0.5, 0.6) is 0 Å². The normalized spacial score (nSPS) is 26.1. The van der Waals surface area contributed by atoms with Crippen LogP contribution >= 0.6 is 0 Å². The molecule has 1 unspecified atom stereocenters. The van der Waals surface area contributed by atoms with Crippen LogP contribution in [0.1, 0.15) is 97.4 Å². The molecule has 0 aliphatic heterocycles. The molecule has 0 fully saturated rings. The molecule has 0 radical (unpaired) electrons. The predicted octanol–water partition coefficient (Wildman–Crippen LogP) is 8.42. The van der Waals surface area contributed by atoms with Crippen LogP contribution in [0.2, 0.25) is 3.17 Å². The molecule has 3 aliphatic rings. The van der Waals surface area contributed by atoms with Gasteiger partial charge in [0.05, 0.1) is 0 Å². The minimum atomic E-state index is -1.19. The van der Waals surface area contributed by atoms with Gasteiger partial charge in [0.2, 0.25) is 0 Å². The molecule has 3 aliphatic carbocycles. The molecular formula is C29H40Hf. The average Bonchev–Trinajstić information content (AvgIpc) is 3.31. The molecule has 1 heteroatoms. The first-order chi connectivity index (χ1) is 14.0. The van der Waals surface area contributed by atoms with E-state index < -0.39 is 22.9 Å². The third-order valence-corrected chi connectivity index (χ3v) is 19.1. The van der Waals surface area contributed by atoms with E-state index in [1.165, 1.54) is 31.2 Å². The van der Waals surface area contributed by atoms with Crippen LogP contribution in [-0.4, -0.2) is 0 Å². The molecule has 1 atom stereocenters. The van der Waals surface area contributed by atoms with Crippen molar-refractivity contribution in [2.24, 2.45) is 11.3 Å². The van der Waals surface area contributed by atoms with Crippen molar-refractivity contribution in [1.29, 1.82) is 0 Å². The molecule has 0 bridgehead atoms. The molecule has 4 rings (SSSR count). The quantitative estimate of drug-likeness (QED) is 0.314. The summed E-state index contributed by atoms with van der Waals surface area (Å²) in [5.74, 6) is 0.665. The second-order valence-electron chi connectivity index (χ2n) is 10.9. The van der Waals surface area contributed by atoms with Crippen molar-refractivity contribution in [3.8, 4) is 0 Å². The first-order valence-electron chi connectivity index (χ1n) is 12.0. The standard InChI is InChI=1S/C19H25.C10H15.Hf/c1-5-19(6-2)11-15-9-14-7-8-17(13(3)4)18(14)10-16(15)12-19;1-6-7(2)9(4)10(5)8(6)3;/h7-10,13H,5-6,11-12H2,1-4H3;1-5H3;. The summed E-state index contributed by atoms with van der Waals surface area (Å²) in [4.78, 5) is 0. The van der Waals surface area contributed by atoms with E-state index in [0.717, 1.165) is 0 Å². The molecule has 0 spiro atoms. The summed E-state index contributed by atoms with van der Waals surface area (Å²) in [5, 5.41) is 0. The van der Waals surface area contributed by atoms with Crippen LogP contribution in [0, 0.1) is 11.3 Å². The molecule has 0 saturated carbocycles. The fourth-order valence-electron chi connectivity index (χ4n) is 6.42. The SMILES string of the molecule is CCC1(CC)Cc2cc3c(cc2C1)[C]([Hf][C]1(C)C(C)=C(C)C(C)=C1C)(C(C)C)C=C3. The first-order valence-corrected chi connectivity index (χ1v) is 15.6. The maximum absolute atomic E-state index is 2.68. The fourth-order valence-corrected chi connectivity index (χ4v) is 15.0. The first kappa shape index (κ1) is 22.5. The minimum absolute atomic E-state index is 0.316. The van der Waals surface area contributed by atoms with Crippen molar-refractivity contribution in [2.75, 3.05) is 0 Å². The van der Waals surface area contributed by atoms with Gasteiger partial charge in [-0.15, -0.1) is 0 Å². The number of rotatable bonds is 5. The van der Waals surface area contributed by atoms with Crippen molar-refractivity contribution < 1.29 is 22.9 Å². The molecule has 1 aromatic carbocycles. The van der Waals surface area contributed by atoms with E-state index in [4.69, 9.17) is 0 Å². The zero-order chi connectivity index (χ0) is 22.1. The van der Waals surface area contributed by atoms with Crippen molar-refractivity contribution in [2.45, 2.75) is 94.3 Å². The van der Waals surface area contributed by atoms with Crippen LogP contribution < -0.4 is 0 Å². The van der Waals surface area contributed by atoms with E-state index in [1.54, 1.807) is 39.0 Å². The summed E-state index contributed by atoms with van der Waals surface area (Å²) in [6, 6.07) is 5.27. The van der Waals surface area contributed by atoms with Crippen molar-refractivity contribution in [1.82, 2.24) is 0 Å². The molecule has 0 aromatic heterocycles. The summed E-state index contributed by atoms with van der Waals surface area (Å²) < 4.78 is 0.663. The molecule has 160 valence electrons. The van der Waals surface area contributed by atoms with Gasteiger partial charge in [0.15, 0.2) is 0 Å². The van der Waals surface area contributed by atoms with Gasteiger partial charge in [-0.1, -0.05) is 0 Å². The topological polar surface area (TPSA) is 0 Å². The van der Waals surface area contributed by atoms with Crippen LogP contribution in [0.3, 0.4) is 0 Å². The number of benzene rings is 1. The van der Waals surface area contributed by atoms with Gasteiger partial charge in [-0.2, -0.15) is 0 Å². The van der Waals surface area contributed by atoms with E-state index in [0.29, 0.717) is 17.7 Å². The van der Waals surface area contributed by atoms with E-state index in [2.05, 4.69) is 86.6 Å². The third kappa shape index (κ3) is 3.01. The van der Waals surface area contributed by atoms with Gasteiger partial charge < -0.3 is 0 Å². The Bertz CT molecular complexity index is 956. The van der Waals surface area contributed by atoms with E-state index in [1.807, 2.05) is 0 Å². The summed E-state index contributed by atoms with van der Waals surface area (Å²) in [7, 11) is 0. The zero-order valence-electron chi connectivity index (χ0n) is 20.7. The number of hydrogen-bond donors (Lipinski definition) is 0.